The summed E-state index contributed by atoms with van der Waals surface area (Å²) in [7, 11) is 0. The maximum absolute atomic E-state index is 11.9. The lowest BCUT2D eigenvalue weighted by atomic mass is 9.83. The summed E-state index contributed by atoms with van der Waals surface area (Å²) in [5.41, 5.74) is -1.55. The summed E-state index contributed by atoms with van der Waals surface area (Å²) < 4.78 is 58.9. The number of hydrogen-bond acceptors (Lipinski definition) is 28. The van der Waals surface area contributed by atoms with Crippen LogP contribution in [0.15, 0.2) is 0 Å². The summed E-state index contributed by atoms with van der Waals surface area (Å²) in [6.45, 7) is -0.864. The second-order valence-electron chi connectivity index (χ2n) is 27.9. The minimum Gasteiger partial charge on any atom is -0.394 e. The van der Waals surface area contributed by atoms with Gasteiger partial charge in [-0.1, -0.05) is 219 Å². The lowest BCUT2D eigenvalue weighted by Crippen LogP contribution is -2.68. The van der Waals surface area contributed by atoms with Crippen LogP contribution in [0.2, 0.25) is 0 Å². The van der Waals surface area contributed by atoms with Crippen LogP contribution in [0.25, 0.3) is 0 Å². The summed E-state index contributed by atoms with van der Waals surface area (Å²) in [6.07, 6.45) is -11.0. The molecule has 0 aromatic rings. The smallest absolute Gasteiger partial charge is 0.187 e. The van der Waals surface area contributed by atoms with Gasteiger partial charge in [-0.25, -0.2) is 0 Å². The predicted molar refractivity (Wildman–Crippen MR) is 350 cm³/mol. The fourth-order valence-corrected chi connectivity index (χ4v) is 14.2. The van der Waals surface area contributed by atoms with Gasteiger partial charge in [0.2, 0.25) is 0 Å². The molecular formula is C69H130O28. The maximum atomic E-state index is 11.9. The highest BCUT2D eigenvalue weighted by atomic mass is 16.8. The molecule has 5 saturated heterocycles. The van der Waals surface area contributed by atoms with Gasteiger partial charge in [0.1, 0.15) is 128 Å². The number of aliphatic hydroxyl groups is 18. The lowest BCUT2D eigenvalue weighted by molar-refractivity contribution is -0.395. The zero-order chi connectivity index (χ0) is 70.9. The van der Waals surface area contributed by atoms with E-state index in [2.05, 4.69) is 13.8 Å². The Morgan fingerprint density at radius 3 is 0.814 bits per heavy atom. The molecule has 5 fully saturated rings. The molecule has 0 bridgehead atoms. The highest BCUT2D eigenvalue weighted by molar-refractivity contribution is 5.01. The lowest BCUT2D eigenvalue weighted by Gasteiger charge is -2.50. The Hall–Kier alpha value is -1.12. The van der Waals surface area contributed by atoms with Crippen molar-refractivity contribution in [2.45, 2.75) is 397 Å². The Morgan fingerprint density at radius 2 is 0.526 bits per heavy atom. The molecule has 0 aromatic heterocycles. The molecule has 0 aromatic carbocycles. The molecule has 574 valence electrons. The van der Waals surface area contributed by atoms with Crippen molar-refractivity contribution in [3.05, 3.63) is 0 Å². The topological polar surface area (TPSA) is 456 Å². The molecule has 97 heavy (non-hydrogen) atoms. The van der Waals surface area contributed by atoms with E-state index in [1.54, 1.807) is 0 Å². The largest absolute Gasteiger partial charge is 0.394 e. The van der Waals surface area contributed by atoms with Crippen molar-refractivity contribution in [3.8, 4) is 0 Å². The minimum atomic E-state index is -2.15. The fourth-order valence-electron chi connectivity index (χ4n) is 14.2. The van der Waals surface area contributed by atoms with Gasteiger partial charge in [-0.15, -0.1) is 0 Å². The van der Waals surface area contributed by atoms with Gasteiger partial charge in [-0.05, 0) is 12.8 Å². The van der Waals surface area contributed by atoms with Gasteiger partial charge in [0.15, 0.2) is 31.5 Å². The second-order valence-corrected chi connectivity index (χ2v) is 27.9. The normalized spacial score (nSPS) is 36.3. The third kappa shape index (κ3) is 26.5. The zero-order valence-corrected chi connectivity index (χ0v) is 57.9. The molecular weight excluding hydrogens is 1280 g/mol. The van der Waals surface area contributed by atoms with E-state index in [1.165, 1.54) is 128 Å². The molecule has 0 spiro atoms. The van der Waals surface area contributed by atoms with Crippen molar-refractivity contribution < 1.29 is 139 Å². The van der Waals surface area contributed by atoms with Crippen LogP contribution < -0.4 is 0 Å². The standard InChI is InChI=1S/C69H130O28/c1-3-5-7-9-11-13-15-17-19-21-23-25-27-29-31-33-35-69(48(76)42-75,36-34-32-30-28-26-24-22-20-18-16-14-12-10-8-6-4-2)97-63-50(78)49(77)43(37-70)89-68(63)96-62-47(41-74)92-67(58(86)54(62)82)95-61-46(40-73)91-66(57(85)53(61)81)94-60-45(39-72)90-65(56(84)52(60)80)93-59-44(38-71)88-64(87)55(83)51(59)79/h43-68,70-87H,3-42H2,1-2H3/t43-,44-,45-,46-,47-,48?,49-,50+,51-,52-,53-,54-,55-,56-,57-,58-,59-,60-,61-,62-,63-,64+,65-,66-,67-,68-/m1/s1. The van der Waals surface area contributed by atoms with E-state index in [1.807, 2.05) is 0 Å². The third-order valence-corrected chi connectivity index (χ3v) is 20.3. The number of ether oxygens (including phenoxy) is 10. The second kappa shape index (κ2) is 47.4. The number of unbranched alkanes of at least 4 members (excludes halogenated alkanes) is 30. The Morgan fingerprint density at radius 1 is 0.278 bits per heavy atom. The van der Waals surface area contributed by atoms with Crippen LogP contribution in [-0.4, -0.2) is 297 Å². The molecule has 1 unspecified atom stereocenters. The van der Waals surface area contributed by atoms with Gasteiger partial charge in [0.25, 0.3) is 0 Å². The van der Waals surface area contributed by atoms with E-state index in [0.717, 1.165) is 64.2 Å². The van der Waals surface area contributed by atoms with Crippen LogP contribution in [0.5, 0.6) is 0 Å². The van der Waals surface area contributed by atoms with E-state index in [-0.39, 0.29) is 12.8 Å². The molecule has 28 nitrogen and oxygen atoms in total. The van der Waals surface area contributed by atoms with E-state index >= 15 is 0 Å². The van der Waals surface area contributed by atoms with Crippen molar-refractivity contribution in [1.82, 2.24) is 0 Å². The first kappa shape index (κ1) is 86.5. The molecule has 28 heteroatoms. The van der Waals surface area contributed by atoms with E-state index in [0.29, 0.717) is 12.8 Å². The van der Waals surface area contributed by atoms with Crippen LogP contribution >= 0.6 is 0 Å². The summed E-state index contributed by atoms with van der Waals surface area (Å²) in [5.74, 6) is 0. The van der Waals surface area contributed by atoms with Crippen LogP contribution in [0.4, 0.5) is 0 Å². The molecule has 18 N–H and O–H groups in total. The Balaban J connectivity index is 1.23. The van der Waals surface area contributed by atoms with Crippen LogP contribution in [0, 0.1) is 0 Å². The van der Waals surface area contributed by atoms with Crippen molar-refractivity contribution >= 4 is 0 Å². The Kier molecular flexibility index (Phi) is 42.2. The molecule has 5 heterocycles. The number of aliphatic hydroxyl groups excluding tert-OH is 18. The van der Waals surface area contributed by atoms with E-state index in [9.17, 15) is 91.9 Å². The highest BCUT2D eigenvalue weighted by Gasteiger charge is 2.58. The van der Waals surface area contributed by atoms with Gasteiger partial charge in [-0.3, -0.25) is 0 Å². The van der Waals surface area contributed by atoms with Gasteiger partial charge in [-0.2, -0.15) is 0 Å². The summed E-state index contributed by atoms with van der Waals surface area (Å²) in [6, 6.07) is 0. The fraction of sp³-hybridized carbons (Fsp3) is 1.00. The molecule has 0 saturated carbocycles. The molecule has 5 aliphatic rings. The van der Waals surface area contributed by atoms with Crippen molar-refractivity contribution in [2.75, 3.05) is 39.6 Å². The average Bonchev–Trinajstić information content (AvgIpc) is 0.781. The van der Waals surface area contributed by atoms with E-state index in [4.69, 9.17) is 47.4 Å². The van der Waals surface area contributed by atoms with Crippen LogP contribution in [-0.2, 0) is 47.4 Å². The van der Waals surface area contributed by atoms with Gasteiger partial charge in [0, 0.05) is 0 Å². The van der Waals surface area contributed by atoms with Crippen molar-refractivity contribution in [1.29, 1.82) is 0 Å². The molecule has 26 atom stereocenters. The van der Waals surface area contributed by atoms with Gasteiger partial charge >= 0.3 is 0 Å². The van der Waals surface area contributed by atoms with Gasteiger partial charge in [0.05, 0.1) is 45.2 Å². The molecule has 0 aliphatic carbocycles. The summed E-state index contributed by atoms with van der Waals surface area (Å²) >= 11 is 0. The first-order chi connectivity index (χ1) is 46.8. The van der Waals surface area contributed by atoms with Crippen molar-refractivity contribution in [2.24, 2.45) is 0 Å². The third-order valence-electron chi connectivity index (χ3n) is 20.3. The van der Waals surface area contributed by atoms with E-state index < -0.39 is 205 Å². The number of hydrogen-bond donors (Lipinski definition) is 18. The van der Waals surface area contributed by atoms with Crippen molar-refractivity contribution in [3.63, 3.8) is 0 Å². The van der Waals surface area contributed by atoms with Gasteiger partial charge < -0.3 is 139 Å². The maximum Gasteiger partial charge on any atom is 0.187 e. The summed E-state index contributed by atoms with van der Waals surface area (Å²) in [4.78, 5) is 0. The Labute approximate surface area is 574 Å². The highest BCUT2D eigenvalue weighted by Crippen LogP contribution is 2.40. The van der Waals surface area contributed by atoms with Crippen LogP contribution in [0.1, 0.15) is 232 Å². The molecule has 0 amide bonds. The monoisotopic (exact) mass is 1410 g/mol. The number of rotatable bonds is 51. The quantitative estimate of drug-likeness (QED) is 0.0384. The molecule has 5 aliphatic heterocycles. The molecule has 0 radical (unpaired) electrons. The summed E-state index contributed by atoms with van der Waals surface area (Å²) in [5, 5.41) is 197. The average molecular weight is 1410 g/mol. The molecule has 5 rings (SSSR count). The predicted octanol–water partition coefficient (Wildman–Crippen LogP) is 1.49. The van der Waals surface area contributed by atoms with Crippen LogP contribution in [0.3, 0.4) is 0 Å². The Bertz CT molecular complexity index is 1930. The first-order valence-corrected chi connectivity index (χ1v) is 37.2. The first-order valence-electron chi connectivity index (χ1n) is 37.2. The minimum absolute atomic E-state index is 0.219. The zero-order valence-electron chi connectivity index (χ0n) is 57.9. The SMILES string of the molecule is CCCCCCCCCCCCCCCCCCC(CCCCCCCCCCCCCCCCCC)(O[C@H]1[C@@H](O[C@H]2[C@H](O)[C@@H](O)[C@@H](O[C@H]3[C@H](O)[C@@H](O)[C@@H](O[C@H]4[C@H](O)[C@@H](O)[C@@H](O[C@H]5[C@H](O)[C@@H](O)[C@@H](O)O[C@@H]5CO)O[C@@H]4CO)O[C@@H]3CO)O[C@@H]2CO)O[C@H](CO)[C@@H](O)[C@@H]1O)C(O)CO.